The first-order valence-electron chi connectivity index (χ1n) is 5.07. The smallest absolute Gasteiger partial charge is 0.235 e. The number of aromatic nitrogens is 2. The van der Waals surface area contributed by atoms with Crippen molar-refractivity contribution in [3.8, 4) is 0 Å². The number of hydrogen-bond donors (Lipinski definition) is 0. The summed E-state index contributed by atoms with van der Waals surface area (Å²) in [5, 5.41) is 4.23. The van der Waals surface area contributed by atoms with Gasteiger partial charge in [-0.2, -0.15) is 10.1 Å². The van der Waals surface area contributed by atoms with Crippen LogP contribution in [0.4, 0.5) is 0 Å². The van der Waals surface area contributed by atoms with Crippen LogP contribution < -0.4 is 0 Å². The van der Waals surface area contributed by atoms with E-state index in [1.165, 1.54) is 0 Å². The Labute approximate surface area is 90.0 Å². The van der Waals surface area contributed by atoms with Crippen molar-refractivity contribution in [2.24, 2.45) is 10.9 Å². The Morgan fingerprint density at radius 3 is 2.80 bits per heavy atom. The molecule has 4 nitrogen and oxygen atoms in total. The van der Waals surface area contributed by atoms with E-state index in [1.807, 2.05) is 24.7 Å². The van der Waals surface area contributed by atoms with Crippen molar-refractivity contribution in [3.05, 3.63) is 18.0 Å². The second-order valence-electron chi connectivity index (χ2n) is 4.61. The highest BCUT2D eigenvalue weighted by molar-refractivity contribution is 5.36. The van der Waals surface area contributed by atoms with Gasteiger partial charge in [0.05, 0.1) is 11.7 Å². The molecule has 0 aliphatic rings. The van der Waals surface area contributed by atoms with Gasteiger partial charge in [0.1, 0.15) is 0 Å². The van der Waals surface area contributed by atoms with E-state index in [2.05, 4.69) is 23.9 Å². The van der Waals surface area contributed by atoms with E-state index in [0.29, 0.717) is 5.92 Å². The molecule has 1 heterocycles. The molecule has 1 aromatic heterocycles. The Bertz CT molecular complexity index is 373. The third-order valence-corrected chi connectivity index (χ3v) is 2.22. The van der Waals surface area contributed by atoms with E-state index < -0.39 is 5.54 Å². The molecule has 82 valence electrons. The normalized spacial score (nSPS) is 11.5. The first-order chi connectivity index (χ1) is 6.95. The summed E-state index contributed by atoms with van der Waals surface area (Å²) in [6, 6.07) is 0. The molecule has 0 N–H and O–H groups in total. The fraction of sp³-hybridized carbons (Fsp3) is 0.636. The Kier molecular flexibility index (Phi) is 3.43. The third-order valence-electron chi connectivity index (χ3n) is 2.22. The van der Waals surface area contributed by atoms with E-state index in [9.17, 15) is 4.79 Å². The molecule has 0 amide bonds. The van der Waals surface area contributed by atoms with Crippen LogP contribution in [0.1, 0.15) is 33.3 Å². The van der Waals surface area contributed by atoms with E-state index >= 15 is 0 Å². The van der Waals surface area contributed by atoms with Gasteiger partial charge in [0.25, 0.3) is 0 Å². The van der Waals surface area contributed by atoms with Crippen LogP contribution in [-0.4, -0.2) is 15.9 Å². The topological polar surface area (TPSA) is 47.2 Å². The number of aliphatic imine (C=N–C) groups is 1. The predicted molar refractivity (Wildman–Crippen MR) is 58.2 cm³/mol. The van der Waals surface area contributed by atoms with Gasteiger partial charge in [-0.15, -0.1) is 0 Å². The van der Waals surface area contributed by atoms with Gasteiger partial charge in [0.15, 0.2) is 0 Å². The van der Waals surface area contributed by atoms with Crippen molar-refractivity contribution >= 4 is 6.08 Å². The maximum absolute atomic E-state index is 10.3. The molecule has 0 saturated carbocycles. The monoisotopic (exact) mass is 207 g/mol. The molecule has 0 radical (unpaired) electrons. The largest absolute Gasteiger partial charge is 0.272 e. The van der Waals surface area contributed by atoms with Crippen molar-refractivity contribution < 1.29 is 4.79 Å². The summed E-state index contributed by atoms with van der Waals surface area (Å²) in [7, 11) is 0. The fourth-order valence-corrected chi connectivity index (χ4v) is 1.33. The summed E-state index contributed by atoms with van der Waals surface area (Å²) in [5.41, 5.74) is 0.406. The SMILES string of the molecule is CC(C)Cn1cc(C(C)(C)N=C=O)cn1. The molecule has 0 aromatic carbocycles. The molecular weight excluding hydrogens is 190 g/mol. The van der Waals surface area contributed by atoms with Gasteiger partial charge in [-0.05, 0) is 19.8 Å². The van der Waals surface area contributed by atoms with Crippen LogP contribution in [0.3, 0.4) is 0 Å². The van der Waals surface area contributed by atoms with Crippen molar-refractivity contribution in [1.29, 1.82) is 0 Å². The lowest BCUT2D eigenvalue weighted by Crippen LogP contribution is -2.12. The minimum absolute atomic E-state index is 0.531. The molecule has 15 heavy (non-hydrogen) atoms. The molecule has 1 aromatic rings. The first kappa shape index (κ1) is 11.7. The van der Waals surface area contributed by atoms with Crippen molar-refractivity contribution in [2.45, 2.75) is 39.8 Å². The summed E-state index contributed by atoms with van der Waals surface area (Å²) >= 11 is 0. The first-order valence-corrected chi connectivity index (χ1v) is 5.07. The molecule has 0 spiro atoms. The number of carbonyl (C=O) groups excluding carboxylic acids is 1. The zero-order valence-corrected chi connectivity index (χ0v) is 9.69. The third kappa shape index (κ3) is 3.03. The number of nitrogens with zero attached hydrogens (tertiary/aromatic N) is 3. The second-order valence-corrected chi connectivity index (χ2v) is 4.61. The minimum Gasteiger partial charge on any atom is -0.272 e. The van der Waals surface area contributed by atoms with Crippen LogP contribution in [0.25, 0.3) is 0 Å². The van der Waals surface area contributed by atoms with Gasteiger partial charge in [-0.25, -0.2) is 4.79 Å². The lowest BCUT2D eigenvalue weighted by molar-refractivity contribution is 0.480. The lowest BCUT2D eigenvalue weighted by atomic mass is 9.99. The van der Waals surface area contributed by atoms with Crippen LogP contribution in [0.2, 0.25) is 0 Å². The van der Waals surface area contributed by atoms with E-state index in [-0.39, 0.29) is 0 Å². The number of isocyanates is 1. The minimum atomic E-state index is -0.531. The highest BCUT2D eigenvalue weighted by Crippen LogP contribution is 2.23. The van der Waals surface area contributed by atoms with Crippen molar-refractivity contribution in [1.82, 2.24) is 9.78 Å². The summed E-state index contributed by atoms with van der Waals surface area (Å²) < 4.78 is 1.88. The average Bonchev–Trinajstić information content (AvgIpc) is 2.51. The quantitative estimate of drug-likeness (QED) is 0.560. The highest BCUT2D eigenvalue weighted by Gasteiger charge is 2.21. The second kappa shape index (κ2) is 4.41. The lowest BCUT2D eigenvalue weighted by Gasteiger charge is -2.14. The molecule has 0 unspecified atom stereocenters. The van der Waals surface area contributed by atoms with Crippen LogP contribution >= 0.6 is 0 Å². The highest BCUT2D eigenvalue weighted by atomic mass is 16.1. The molecule has 0 atom stereocenters. The molecule has 0 aliphatic heterocycles. The van der Waals surface area contributed by atoms with Crippen LogP contribution in [-0.2, 0) is 16.9 Å². The Balaban J connectivity index is 2.88. The Hall–Kier alpha value is -1.41. The molecule has 4 heteroatoms. The van der Waals surface area contributed by atoms with E-state index in [4.69, 9.17) is 0 Å². The zero-order valence-electron chi connectivity index (χ0n) is 9.69. The maximum Gasteiger partial charge on any atom is 0.235 e. The fourth-order valence-electron chi connectivity index (χ4n) is 1.33. The molecule has 0 aliphatic carbocycles. The van der Waals surface area contributed by atoms with Crippen LogP contribution in [0, 0.1) is 5.92 Å². The number of hydrogen-bond acceptors (Lipinski definition) is 3. The van der Waals surface area contributed by atoms with Gasteiger partial charge in [0, 0.05) is 18.3 Å². The van der Waals surface area contributed by atoms with Gasteiger partial charge < -0.3 is 0 Å². The molecule has 0 bridgehead atoms. The van der Waals surface area contributed by atoms with Crippen molar-refractivity contribution in [2.75, 3.05) is 0 Å². The molecule has 0 saturated heterocycles. The van der Waals surface area contributed by atoms with Gasteiger partial charge in [-0.3, -0.25) is 4.68 Å². The molecule has 0 fully saturated rings. The molecular formula is C11H17N3O. The summed E-state index contributed by atoms with van der Waals surface area (Å²) in [4.78, 5) is 14.0. The van der Waals surface area contributed by atoms with Crippen LogP contribution in [0.15, 0.2) is 17.4 Å². The predicted octanol–water partition coefficient (Wildman–Crippen LogP) is 2.11. The van der Waals surface area contributed by atoms with Crippen LogP contribution in [0.5, 0.6) is 0 Å². The van der Waals surface area contributed by atoms with Gasteiger partial charge in [-0.1, -0.05) is 13.8 Å². The van der Waals surface area contributed by atoms with Crippen molar-refractivity contribution in [3.63, 3.8) is 0 Å². The van der Waals surface area contributed by atoms with Gasteiger partial charge >= 0.3 is 0 Å². The molecule has 1 rings (SSSR count). The standard InChI is InChI=1S/C11H17N3O/c1-9(2)6-14-7-10(5-13-14)11(3,4)12-8-15/h5,7,9H,6H2,1-4H3. The van der Waals surface area contributed by atoms with E-state index in [1.54, 1.807) is 12.3 Å². The summed E-state index contributed by atoms with van der Waals surface area (Å²) in [6.45, 7) is 8.89. The van der Waals surface area contributed by atoms with Gasteiger partial charge in [0.2, 0.25) is 6.08 Å². The zero-order chi connectivity index (χ0) is 11.5. The van der Waals surface area contributed by atoms with E-state index in [0.717, 1.165) is 12.1 Å². The summed E-state index contributed by atoms with van der Waals surface area (Å²) in [6.07, 6.45) is 5.28. The Morgan fingerprint density at radius 2 is 2.27 bits per heavy atom. The maximum atomic E-state index is 10.3. The average molecular weight is 207 g/mol. The summed E-state index contributed by atoms with van der Waals surface area (Å²) in [5.74, 6) is 0.551. The number of rotatable bonds is 4. The Morgan fingerprint density at radius 1 is 1.60 bits per heavy atom.